The molecule has 1 aliphatic carbocycles. The van der Waals surface area contributed by atoms with Crippen LogP contribution in [0.3, 0.4) is 0 Å². The van der Waals surface area contributed by atoms with Gasteiger partial charge in [0, 0.05) is 41.8 Å². The summed E-state index contributed by atoms with van der Waals surface area (Å²) < 4.78 is 29.2. The van der Waals surface area contributed by atoms with Gasteiger partial charge in [0.1, 0.15) is 10.5 Å². The average Bonchev–Trinajstić information content (AvgIpc) is 3.32. The van der Waals surface area contributed by atoms with E-state index < -0.39 is 15.7 Å². The zero-order chi connectivity index (χ0) is 23.6. The van der Waals surface area contributed by atoms with Crippen LogP contribution in [-0.4, -0.2) is 42.2 Å². The lowest BCUT2D eigenvalue weighted by molar-refractivity contribution is 0.112. The third-order valence-corrected chi connectivity index (χ3v) is 9.37. The number of rotatable bonds is 8. The first-order valence-corrected chi connectivity index (χ1v) is 13.0. The van der Waals surface area contributed by atoms with Gasteiger partial charge in [0.05, 0.1) is 0 Å². The Labute approximate surface area is 195 Å². The topological polar surface area (TPSA) is 109 Å². The Morgan fingerprint density at radius 1 is 1.15 bits per heavy atom. The number of nitrogens with zero attached hydrogens (tertiary/aromatic N) is 2. The summed E-state index contributed by atoms with van der Waals surface area (Å²) in [5.41, 5.74) is 2.02. The summed E-state index contributed by atoms with van der Waals surface area (Å²) in [6.45, 7) is 0.572. The molecule has 0 spiro atoms. The molecule has 0 fully saturated rings. The second-order valence-electron chi connectivity index (χ2n) is 8.09. The van der Waals surface area contributed by atoms with Crippen LogP contribution in [0, 0.1) is 0 Å². The number of carbonyl (C=O) groups excluding carboxylic acids is 1. The molecule has 0 atom stereocenters. The minimum absolute atomic E-state index is 0.218. The number of carbonyl (C=O) groups is 1. The Balaban J connectivity index is 1.47. The second-order valence-corrected chi connectivity index (χ2v) is 11.4. The van der Waals surface area contributed by atoms with Crippen molar-refractivity contribution in [1.82, 2.24) is 13.9 Å². The van der Waals surface area contributed by atoms with Crippen molar-refractivity contribution in [1.29, 1.82) is 0 Å². The van der Waals surface area contributed by atoms with E-state index in [9.17, 15) is 22.8 Å². The molecule has 4 rings (SSSR count). The monoisotopic (exact) mass is 487 g/mol. The van der Waals surface area contributed by atoms with Gasteiger partial charge in [0.15, 0.2) is 0 Å². The van der Waals surface area contributed by atoms with E-state index in [0.29, 0.717) is 36.9 Å². The summed E-state index contributed by atoms with van der Waals surface area (Å²) in [5, 5.41) is 0. The highest BCUT2D eigenvalue weighted by Gasteiger charge is 2.24. The number of sulfonamides is 1. The molecule has 1 N–H and O–H groups in total. The van der Waals surface area contributed by atoms with Crippen LogP contribution in [0.25, 0.3) is 10.4 Å². The predicted molar refractivity (Wildman–Crippen MR) is 128 cm³/mol. The summed E-state index contributed by atoms with van der Waals surface area (Å²) in [4.78, 5) is 38.6. The zero-order valence-electron chi connectivity index (χ0n) is 18.2. The predicted octanol–water partition coefficient (Wildman–Crippen LogP) is 2.67. The fourth-order valence-corrected chi connectivity index (χ4v) is 6.86. The molecular weight excluding hydrogens is 462 g/mol. The number of aromatic amines is 1. The van der Waals surface area contributed by atoms with Gasteiger partial charge in [0.25, 0.3) is 15.6 Å². The largest absolute Gasteiger partial charge is 0.328 e. The molecule has 8 nitrogen and oxygen atoms in total. The third kappa shape index (κ3) is 4.78. The van der Waals surface area contributed by atoms with Crippen LogP contribution in [0.1, 0.15) is 40.9 Å². The van der Waals surface area contributed by atoms with Gasteiger partial charge < -0.3 is 0 Å². The first-order chi connectivity index (χ1) is 15.8. The van der Waals surface area contributed by atoms with Gasteiger partial charge in [-0.1, -0.05) is 18.2 Å². The van der Waals surface area contributed by atoms with E-state index in [4.69, 9.17) is 0 Å². The number of thiophene rings is 1. The number of aromatic nitrogens is 2. The molecule has 1 aliphatic rings. The van der Waals surface area contributed by atoms with Gasteiger partial charge in [0.2, 0.25) is 0 Å². The molecule has 0 bridgehead atoms. The minimum atomic E-state index is -3.69. The van der Waals surface area contributed by atoms with Crippen LogP contribution >= 0.6 is 11.3 Å². The number of nitrogens with one attached hydrogen (secondary N) is 1. The minimum Gasteiger partial charge on any atom is -0.298 e. The molecule has 33 heavy (non-hydrogen) atoms. The molecule has 0 unspecified atom stereocenters. The number of hydrogen-bond donors (Lipinski definition) is 1. The number of aldehydes is 1. The van der Waals surface area contributed by atoms with E-state index in [0.717, 1.165) is 46.6 Å². The highest BCUT2D eigenvalue weighted by atomic mass is 32.2. The average molecular weight is 488 g/mol. The van der Waals surface area contributed by atoms with Crippen molar-refractivity contribution in [3.63, 3.8) is 0 Å². The smallest absolute Gasteiger partial charge is 0.298 e. The Kier molecular flexibility index (Phi) is 6.78. The molecule has 0 radical (unpaired) electrons. The van der Waals surface area contributed by atoms with E-state index in [-0.39, 0.29) is 16.3 Å². The third-order valence-electron chi connectivity index (χ3n) is 5.91. The number of benzene rings is 1. The van der Waals surface area contributed by atoms with Crippen LogP contribution in [0.5, 0.6) is 0 Å². The van der Waals surface area contributed by atoms with Crippen molar-refractivity contribution in [3.8, 4) is 10.4 Å². The number of fused-ring (bicyclic) bond motifs is 1. The van der Waals surface area contributed by atoms with Gasteiger partial charge in [-0.25, -0.2) is 17.5 Å². The quantitative estimate of drug-likeness (QED) is 0.492. The molecule has 174 valence electrons. The lowest BCUT2D eigenvalue weighted by Gasteiger charge is -2.21. The van der Waals surface area contributed by atoms with Gasteiger partial charge >= 0.3 is 5.69 Å². The molecule has 0 aliphatic heterocycles. The first-order valence-electron chi connectivity index (χ1n) is 10.8. The Morgan fingerprint density at radius 3 is 2.73 bits per heavy atom. The van der Waals surface area contributed by atoms with Crippen LogP contribution in [-0.2, 0) is 29.4 Å². The maximum absolute atomic E-state index is 13.1. The zero-order valence-corrected chi connectivity index (χ0v) is 19.9. The van der Waals surface area contributed by atoms with Crippen molar-refractivity contribution in [2.75, 3.05) is 13.6 Å². The summed E-state index contributed by atoms with van der Waals surface area (Å²) in [5.74, 6) is 0. The van der Waals surface area contributed by atoms with Crippen molar-refractivity contribution in [2.24, 2.45) is 0 Å². The van der Waals surface area contributed by atoms with Crippen LogP contribution in [0.4, 0.5) is 0 Å². The van der Waals surface area contributed by atoms with Crippen molar-refractivity contribution >= 4 is 27.6 Å². The van der Waals surface area contributed by atoms with E-state index in [2.05, 4.69) is 4.98 Å². The lowest BCUT2D eigenvalue weighted by atomic mass is 9.97. The molecule has 0 saturated carbocycles. The van der Waals surface area contributed by atoms with E-state index in [1.54, 1.807) is 34.9 Å². The fourth-order valence-electron chi connectivity index (χ4n) is 4.14. The van der Waals surface area contributed by atoms with Crippen molar-refractivity contribution < 1.29 is 13.2 Å². The van der Waals surface area contributed by atoms with Crippen LogP contribution < -0.4 is 11.2 Å². The van der Waals surface area contributed by atoms with Gasteiger partial charge in [-0.05, 0) is 55.9 Å². The molecular formula is C23H25N3O5S2. The molecule has 3 aromatic rings. The number of H-pyrrole nitrogens is 1. The highest BCUT2D eigenvalue weighted by Crippen LogP contribution is 2.32. The Bertz CT molecular complexity index is 1400. The Morgan fingerprint density at radius 2 is 1.94 bits per heavy atom. The lowest BCUT2D eigenvalue weighted by Crippen LogP contribution is -2.37. The number of hydrogen-bond acceptors (Lipinski definition) is 6. The molecule has 10 heteroatoms. The van der Waals surface area contributed by atoms with Crippen LogP contribution in [0.2, 0.25) is 0 Å². The molecule has 2 heterocycles. The Hall–Kier alpha value is -2.82. The van der Waals surface area contributed by atoms with Crippen molar-refractivity contribution in [3.05, 3.63) is 74.1 Å². The van der Waals surface area contributed by atoms with Crippen molar-refractivity contribution in [2.45, 2.75) is 42.9 Å². The molecule has 1 aromatic carbocycles. The normalized spacial score (nSPS) is 13.8. The SMILES string of the molecule is CN(CCCn1c2c(c(=O)[nH]c1=O)CCCC2)S(=O)(=O)c1ccc(-c2cccc(C=O)c2)s1. The fraction of sp³-hybridized carbons (Fsp3) is 0.348. The van der Waals surface area contributed by atoms with E-state index in [1.165, 1.54) is 11.4 Å². The summed E-state index contributed by atoms with van der Waals surface area (Å²) >= 11 is 1.15. The first kappa shape index (κ1) is 23.3. The maximum atomic E-state index is 13.1. The summed E-state index contributed by atoms with van der Waals surface area (Å²) in [7, 11) is -2.17. The standard InChI is InChI=1S/C23H25N3O5S2/c1-25(12-5-13-26-19-9-3-2-8-18(19)22(28)24-23(26)29)33(30,31)21-11-10-20(32-21)17-7-4-6-16(14-17)15-27/h4,6-7,10-11,14-15H,2-3,5,8-9,12-13H2,1H3,(H,24,28,29). The second kappa shape index (κ2) is 9.58. The molecule has 0 saturated heterocycles. The van der Waals surface area contributed by atoms with Gasteiger partial charge in [-0.2, -0.15) is 0 Å². The molecule has 0 amide bonds. The van der Waals surface area contributed by atoms with E-state index in [1.807, 2.05) is 6.07 Å². The summed E-state index contributed by atoms with van der Waals surface area (Å²) in [6.07, 6.45) is 4.40. The van der Waals surface area contributed by atoms with Crippen LogP contribution in [0.15, 0.2) is 50.2 Å². The van der Waals surface area contributed by atoms with Gasteiger partial charge in [-0.15, -0.1) is 11.3 Å². The van der Waals surface area contributed by atoms with Gasteiger partial charge in [-0.3, -0.25) is 19.1 Å². The highest BCUT2D eigenvalue weighted by molar-refractivity contribution is 7.91. The molecule has 2 aromatic heterocycles. The summed E-state index contributed by atoms with van der Waals surface area (Å²) in [6, 6.07) is 10.3. The maximum Gasteiger partial charge on any atom is 0.328 e. The van der Waals surface area contributed by atoms with E-state index >= 15 is 0 Å².